The van der Waals surface area contributed by atoms with Crippen molar-refractivity contribution in [3.8, 4) is 17.0 Å². The highest BCUT2D eigenvalue weighted by atomic mass is 16.5. The van der Waals surface area contributed by atoms with E-state index in [1.165, 1.54) is 0 Å². The van der Waals surface area contributed by atoms with Crippen molar-refractivity contribution < 1.29 is 4.74 Å². The van der Waals surface area contributed by atoms with Gasteiger partial charge in [-0.1, -0.05) is 18.2 Å². The second-order valence-corrected chi connectivity index (χ2v) is 2.88. The highest BCUT2D eigenvalue weighted by Gasteiger charge is 1.98. The third-order valence-corrected chi connectivity index (χ3v) is 1.98. The van der Waals surface area contributed by atoms with E-state index in [1.54, 1.807) is 13.2 Å². The van der Waals surface area contributed by atoms with Gasteiger partial charge in [-0.3, -0.25) is 0 Å². The number of pyridine rings is 1. The zero-order chi connectivity index (χ0) is 9.80. The Morgan fingerprint density at radius 2 is 2.14 bits per heavy atom. The summed E-state index contributed by atoms with van der Waals surface area (Å²) in [6.45, 7) is 0. The van der Waals surface area contributed by atoms with Crippen LogP contribution in [0.2, 0.25) is 0 Å². The molecule has 2 aromatic rings. The summed E-state index contributed by atoms with van der Waals surface area (Å²) in [5.74, 6) is 0.841. The molecule has 0 aliphatic carbocycles. The van der Waals surface area contributed by atoms with Gasteiger partial charge in [0, 0.05) is 5.56 Å². The van der Waals surface area contributed by atoms with Gasteiger partial charge in [-0.25, -0.2) is 4.98 Å². The molecule has 1 aromatic carbocycles. The lowest BCUT2D eigenvalue weighted by molar-refractivity contribution is 0.415. The molecule has 0 bridgehead atoms. The number of ether oxygens (including phenoxy) is 1. The van der Waals surface area contributed by atoms with E-state index in [0.29, 0.717) is 0 Å². The summed E-state index contributed by atoms with van der Waals surface area (Å²) in [6, 6.07) is 13.5. The molecular weight excluding hydrogens is 174 g/mol. The number of nitrogens with zero attached hydrogens (tertiary/aromatic N) is 1. The Morgan fingerprint density at radius 3 is 2.86 bits per heavy atom. The second-order valence-electron chi connectivity index (χ2n) is 2.88. The minimum atomic E-state index is 0.841. The van der Waals surface area contributed by atoms with Crippen LogP contribution < -0.4 is 4.74 Å². The van der Waals surface area contributed by atoms with E-state index in [2.05, 4.69) is 11.2 Å². The molecule has 14 heavy (non-hydrogen) atoms. The minimum Gasteiger partial charge on any atom is -0.497 e. The number of methoxy groups -OCH3 is 1. The molecule has 2 rings (SSSR count). The van der Waals surface area contributed by atoms with E-state index in [1.807, 2.05) is 36.4 Å². The molecule has 0 aliphatic rings. The SMILES string of the molecule is COc1cccc(-c2ccc[c]n2)c1. The highest BCUT2D eigenvalue weighted by molar-refractivity contribution is 5.60. The molecule has 2 heteroatoms. The summed E-state index contributed by atoms with van der Waals surface area (Å²) in [4.78, 5) is 4.14. The molecule has 0 saturated carbocycles. The average Bonchev–Trinajstić information content (AvgIpc) is 2.30. The van der Waals surface area contributed by atoms with Crippen LogP contribution in [-0.2, 0) is 0 Å². The quantitative estimate of drug-likeness (QED) is 0.715. The van der Waals surface area contributed by atoms with E-state index < -0.39 is 0 Å². The third kappa shape index (κ3) is 1.74. The van der Waals surface area contributed by atoms with Crippen molar-refractivity contribution in [2.75, 3.05) is 7.11 Å². The first-order chi connectivity index (χ1) is 6.90. The average molecular weight is 184 g/mol. The monoisotopic (exact) mass is 184 g/mol. The molecule has 0 amide bonds. The predicted octanol–water partition coefficient (Wildman–Crippen LogP) is 2.56. The fourth-order valence-corrected chi connectivity index (χ4v) is 1.27. The smallest absolute Gasteiger partial charge is 0.119 e. The first kappa shape index (κ1) is 8.75. The van der Waals surface area contributed by atoms with Gasteiger partial charge in [0.1, 0.15) is 5.75 Å². The number of aromatic nitrogens is 1. The van der Waals surface area contributed by atoms with Gasteiger partial charge in [-0.05, 0) is 24.3 Å². The van der Waals surface area contributed by atoms with Gasteiger partial charge < -0.3 is 4.74 Å². The van der Waals surface area contributed by atoms with Crippen molar-refractivity contribution in [3.63, 3.8) is 0 Å². The van der Waals surface area contributed by atoms with Crippen molar-refractivity contribution in [1.82, 2.24) is 4.98 Å². The Morgan fingerprint density at radius 1 is 1.21 bits per heavy atom. The van der Waals surface area contributed by atoms with Crippen molar-refractivity contribution >= 4 is 0 Å². The zero-order valence-corrected chi connectivity index (χ0v) is 7.90. The molecule has 1 aromatic heterocycles. The van der Waals surface area contributed by atoms with Gasteiger partial charge in [0.2, 0.25) is 0 Å². The Balaban J connectivity index is 2.42. The second kappa shape index (κ2) is 3.92. The van der Waals surface area contributed by atoms with Gasteiger partial charge in [-0.15, -0.1) is 0 Å². The molecule has 0 N–H and O–H groups in total. The topological polar surface area (TPSA) is 22.1 Å². The molecule has 0 aliphatic heterocycles. The van der Waals surface area contributed by atoms with Gasteiger partial charge in [0.25, 0.3) is 0 Å². The van der Waals surface area contributed by atoms with E-state index in [-0.39, 0.29) is 0 Å². The molecule has 0 atom stereocenters. The van der Waals surface area contributed by atoms with Crippen LogP contribution in [0.1, 0.15) is 0 Å². The first-order valence-electron chi connectivity index (χ1n) is 4.37. The van der Waals surface area contributed by atoms with Gasteiger partial charge in [0.05, 0.1) is 19.0 Å². The first-order valence-corrected chi connectivity index (χ1v) is 4.37. The minimum absolute atomic E-state index is 0.841. The van der Waals surface area contributed by atoms with Gasteiger partial charge in [0.15, 0.2) is 0 Å². The van der Waals surface area contributed by atoms with Crippen LogP contribution in [0.25, 0.3) is 11.3 Å². The molecule has 1 radical (unpaired) electrons. The van der Waals surface area contributed by atoms with E-state index >= 15 is 0 Å². The van der Waals surface area contributed by atoms with Crippen molar-refractivity contribution in [2.45, 2.75) is 0 Å². The lowest BCUT2D eigenvalue weighted by Crippen LogP contribution is -1.85. The molecule has 69 valence electrons. The zero-order valence-electron chi connectivity index (χ0n) is 7.90. The van der Waals surface area contributed by atoms with E-state index in [0.717, 1.165) is 17.0 Å². The summed E-state index contributed by atoms with van der Waals surface area (Å²) < 4.78 is 5.14. The summed E-state index contributed by atoms with van der Waals surface area (Å²) in [6.07, 6.45) is 2.81. The Labute approximate surface area is 83.2 Å². The van der Waals surface area contributed by atoms with Crippen molar-refractivity contribution in [3.05, 3.63) is 48.7 Å². The van der Waals surface area contributed by atoms with Crippen LogP contribution in [0.5, 0.6) is 5.75 Å². The lowest BCUT2D eigenvalue weighted by Gasteiger charge is -2.02. The summed E-state index contributed by atoms with van der Waals surface area (Å²) in [7, 11) is 1.66. The van der Waals surface area contributed by atoms with Crippen LogP contribution in [0.4, 0.5) is 0 Å². The number of hydrogen-bond donors (Lipinski definition) is 0. The summed E-state index contributed by atoms with van der Waals surface area (Å²) in [5.41, 5.74) is 1.95. The van der Waals surface area contributed by atoms with E-state index in [9.17, 15) is 0 Å². The molecule has 0 unspecified atom stereocenters. The van der Waals surface area contributed by atoms with Crippen LogP contribution in [0.15, 0.2) is 42.5 Å². The number of benzene rings is 1. The van der Waals surface area contributed by atoms with Crippen LogP contribution in [-0.4, -0.2) is 12.1 Å². The third-order valence-electron chi connectivity index (χ3n) is 1.98. The number of rotatable bonds is 2. The highest BCUT2D eigenvalue weighted by Crippen LogP contribution is 2.21. The molecule has 2 nitrogen and oxygen atoms in total. The largest absolute Gasteiger partial charge is 0.497 e. The van der Waals surface area contributed by atoms with Gasteiger partial charge in [-0.2, -0.15) is 0 Å². The Hall–Kier alpha value is -1.83. The van der Waals surface area contributed by atoms with Crippen LogP contribution in [0, 0.1) is 6.20 Å². The predicted molar refractivity (Wildman–Crippen MR) is 55.1 cm³/mol. The standard InChI is InChI=1S/C12H10NO/c1-14-11-6-4-5-10(9-11)12-7-2-3-8-13-12/h2-7,9H,1H3. The fourth-order valence-electron chi connectivity index (χ4n) is 1.27. The van der Waals surface area contributed by atoms with E-state index in [4.69, 9.17) is 4.74 Å². The Kier molecular flexibility index (Phi) is 2.45. The van der Waals surface area contributed by atoms with Crippen molar-refractivity contribution in [1.29, 1.82) is 0 Å². The molecular formula is C12H10NO. The lowest BCUT2D eigenvalue weighted by atomic mass is 10.1. The van der Waals surface area contributed by atoms with Gasteiger partial charge >= 0.3 is 0 Å². The molecule has 1 heterocycles. The van der Waals surface area contributed by atoms with Crippen LogP contribution >= 0.6 is 0 Å². The summed E-state index contributed by atoms with van der Waals surface area (Å²) in [5, 5.41) is 0. The normalized spacial score (nSPS) is 9.79. The Bertz CT molecular complexity index is 412. The molecule has 0 fully saturated rings. The number of hydrogen-bond acceptors (Lipinski definition) is 2. The van der Waals surface area contributed by atoms with Crippen LogP contribution in [0.3, 0.4) is 0 Å². The maximum absolute atomic E-state index is 5.14. The van der Waals surface area contributed by atoms with Crippen molar-refractivity contribution in [2.24, 2.45) is 0 Å². The maximum atomic E-state index is 5.14. The summed E-state index contributed by atoms with van der Waals surface area (Å²) >= 11 is 0. The molecule has 0 spiro atoms. The molecule has 0 saturated heterocycles. The maximum Gasteiger partial charge on any atom is 0.119 e. The fraction of sp³-hybridized carbons (Fsp3) is 0.0833.